The topological polar surface area (TPSA) is 76.1 Å². The van der Waals surface area contributed by atoms with E-state index in [-0.39, 0.29) is 30.5 Å². The van der Waals surface area contributed by atoms with Crippen molar-refractivity contribution in [3.8, 4) is 0 Å². The summed E-state index contributed by atoms with van der Waals surface area (Å²) < 4.78 is 11.4. The molecule has 2 rings (SSSR count). The number of aliphatic hydroxyl groups excluding tert-OH is 1. The molecule has 2 aliphatic rings. The van der Waals surface area contributed by atoms with Crippen LogP contribution in [0.3, 0.4) is 0 Å². The lowest BCUT2D eigenvalue weighted by Crippen LogP contribution is -2.45. The number of carbonyl (C=O) groups excluding carboxylic acids is 2. The highest BCUT2D eigenvalue weighted by Gasteiger charge is 2.47. The van der Waals surface area contributed by atoms with Gasteiger partial charge in [0, 0.05) is 25.5 Å². The zero-order valence-corrected chi connectivity index (χ0v) is 14.6. The van der Waals surface area contributed by atoms with Crippen molar-refractivity contribution in [2.24, 2.45) is 11.8 Å². The Morgan fingerprint density at radius 2 is 2.04 bits per heavy atom. The van der Waals surface area contributed by atoms with E-state index in [2.05, 4.69) is 0 Å². The molecule has 2 heterocycles. The Balaban J connectivity index is 2.08. The Labute approximate surface area is 138 Å². The molecule has 2 aliphatic heterocycles. The van der Waals surface area contributed by atoms with Gasteiger partial charge in [-0.25, -0.2) is 4.79 Å². The number of fused-ring (bicyclic) bond motifs is 1. The maximum atomic E-state index is 12.4. The fourth-order valence-electron chi connectivity index (χ4n) is 3.68. The molecule has 0 spiro atoms. The highest BCUT2D eigenvalue weighted by atomic mass is 16.6. The minimum Gasteiger partial charge on any atom is -0.444 e. The highest BCUT2D eigenvalue weighted by Crippen LogP contribution is 2.36. The molecule has 2 fully saturated rings. The third kappa shape index (κ3) is 4.67. The lowest BCUT2D eigenvalue weighted by atomic mass is 9.87. The molecule has 0 aromatic rings. The maximum Gasteiger partial charge on any atom is 0.410 e. The Kier molecular flexibility index (Phi) is 5.68. The molecule has 6 nitrogen and oxygen atoms in total. The summed E-state index contributed by atoms with van der Waals surface area (Å²) in [6, 6.07) is -0.370. The third-order valence-corrected chi connectivity index (χ3v) is 4.54. The van der Waals surface area contributed by atoms with Crippen molar-refractivity contribution >= 4 is 11.9 Å². The van der Waals surface area contributed by atoms with Crippen molar-refractivity contribution in [2.45, 2.75) is 64.7 Å². The summed E-state index contributed by atoms with van der Waals surface area (Å²) >= 11 is 0. The van der Waals surface area contributed by atoms with E-state index in [4.69, 9.17) is 9.47 Å². The van der Waals surface area contributed by atoms with Crippen molar-refractivity contribution in [2.75, 3.05) is 19.8 Å². The van der Waals surface area contributed by atoms with Gasteiger partial charge in [0.1, 0.15) is 11.4 Å². The van der Waals surface area contributed by atoms with Crippen LogP contribution in [0.5, 0.6) is 0 Å². The van der Waals surface area contributed by atoms with E-state index in [0.717, 1.165) is 12.8 Å². The molecular weight excluding hydrogens is 298 g/mol. The van der Waals surface area contributed by atoms with Gasteiger partial charge in [-0.2, -0.15) is 0 Å². The number of ether oxygens (including phenoxy) is 2. The fraction of sp³-hybridized carbons (Fsp3) is 0.882. The minimum atomic E-state index is -0.570. The highest BCUT2D eigenvalue weighted by molar-refractivity contribution is 5.75. The van der Waals surface area contributed by atoms with Crippen molar-refractivity contribution in [3.05, 3.63) is 0 Å². The van der Waals surface area contributed by atoms with Gasteiger partial charge in [-0.15, -0.1) is 0 Å². The number of amides is 1. The Bertz CT molecular complexity index is 445. The summed E-state index contributed by atoms with van der Waals surface area (Å²) in [7, 11) is 0. The van der Waals surface area contributed by atoms with Gasteiger partial charge < -0.3 is 19.4 Å². The Hall–Kier alpha value is -1.14. The van der Waals surface area contributed by atoms with Crippen molar-refractivity contribution < 1.29 is 24.2 Å². The number of carbonyl (C=O) groups is 2. The number of hydrogen-bond donors (Lipinski definition) is 1. The summed E-state index contributed by atoms with van der Waals surface area (Å²) in [5.41, 5.74) is -0.570. The Morgan fingerprint density at radius 3 is 2.61 bits per heavy atom. The van der Waals surface area contributed by atoms with Gasteiger partial charge in [-0.3, -0.25) is 4.90 Å². The van der Waals surface area contributed by atoms with Gasteiger partial charge in [0.15, 0.2) is 0 Å². The van der Waals surface area contributed by atoms with Gasteiger partial charge in [0.25, 0.3) is 0 Å². The fourth-order valence-corrected chi connectivity index (χ4v) is 3.68. The number of aliphatic hydroxyl groups is 1. The first-order chi connectivity index (χ1) is 10.7. The predicted molar refractivity (Wildman–Crippen MR) is 85.1 cm³/mol. The van der Waals surface area contributed by atoms with E-state index in [1.165, 1.54) is 0 Å². The summed E-state index contributed by atoms with van der Waals surface area (Å²) in [5.74, 6) is 0.626. The van der Waals surface area contributed by atoms with Gasteiger partial charge in [0.2, 0.25) is 0 Å². The zero-order valence-electron chi connectivity index (χ0n) is 14.6. The van der Waals surface area contributed by atoms with E-state index in [1.807, 2.05) is 20.8 Å². The standard InChI is InChI=1S/C17H29NO5/c1-11(20)7-12-5-6-22-15-13(8-12)9-18(14(15)10-19)16(21)23-17(2,3)4/h12-15,19H,5-10H2,1-4H3/t12-,13-,14+,15+/m0/s1. The molecule has 2 saturated heterocycles. The number of rotatable bonds is 3. The van der Waals surface area contributed by atoms with Crippen LogP contribution in [0.15, 0.2) is 0 Å². The molecule has 0 bridgehead atoms. The zero-order chi connectivity index (χ0) is 17.2. The van der Waals surface area contributed by atoms with Crippen LogP contribution in [0.4, 0.5) is 4.79 Å². The number of hydrogen-bond acceptors (Lipinski definition) is 5. The average molecular weight is 327 g/mol. The van der Waals surface area contributed by atoms with E-state index < -0.39 is 11.7 Å². The molecule has 132 valence electrons. The van der Waals surface area contributed by atoms with E-state index in [9.17, 15) is 14.7 Å². The molecule has 0 saturated carbocycles. The van der Waals surface area contributed by atoms with Gasteiger partial charge >= 0.3 is 6.09 Å². The summed E-state index contributed by atoms with van der Waals surface area (Å²) in [4.78, 5) is 25.4. The summed E-state index contributed by atoms with van der Waals surface area (Å²) in [6.45, 7) is 8.03. The second-order valence-electron chi connectivity index (χ2n) is 7.77. The SMILES string of the molecule is CC(=O)C[C@@H]1CCO[C@@H]2[C@@H](C1)CN(C(=O)OC(C)(C)C)[C@@H]2CO. The van der Waals surface area contributed by atoms with E-state index >= 15 is 0 Å². The quantitative estimate of drug-likeness (QED) is 0.858. The smallest absolute Gasteiger partial charge is 0.410 e. The van der Waals surface area contributed by atoms with Crippen LogP contribution in [0, 0.1) is 11.8 Å². The molecular formula is C17H29NO5. The van der Waals surface area contributed by atoms with Gasteiger partial charge in [0.05, 0.1) is 18.8 Å². The monoisotopic (exact) mass is 327 g/mol. The normalized spacial score (nSPS) is 31.4. The molecule has 4 atom stereocenters. The first-order valence-electron chi connectivity index (χ1n) is 8.42. The molecule has 1 N–H and O–H groups in total. The molecule has 0 aromatic heterocycles. The summed E-state index contributed by atoms with van der Waals surface area (Å²) in [5, 5.41) is 9.74. The van der Waals surface area contributed by atoms with Crippen molar-refractivity contribution in [1.82, 2.24) is 4.90 Å². The molecule has 0 aliphatic carbocycles. The number of likely N-dealkylation sites (tertiary alicyclic amines) is 1. The molecule has 23 heavy (non-hydrogen) atoms. The Morgan fingerprint density at radius 1 is 1.35 bits per heavy atom. The van der Waals surface area contributed by atoms with Crippen molar-refractivity contribution in [3.63, 3.8) is 0 Å². The van der Waals surface area contributed by atoms with Crippen LogP contribution in [-0.4, -0.2) is 59.4 Å². The first kappa shape index (κ1) is 18.2. The maximum absolute atomic E-state index is 12.4. The molecule has 6 heteroatoms. The molecule has 0 unspecified atom stereocenters. The van der Waals surface area contributed by atoms with Crippen LogP contribution in [0.1, 0.15) is 47.0 Å². The third-order valence-electron chi connectivity index (χ3n) is 4.54. The molecule has 0 radical (unpaired) electrons. The first-order valence-corrected chi connectivity index (χ1v) is 8.42. The van der Waals surface area contributed by atoms with Crippen LogP contribution in [-0.2, 0) is 14.3 Å². The number of Topliss-reactive ketones (excluding diaryl/α,β-unsaturated/α-hetero) is 1. The second kappa shape index (κ2) is 7.18. The lowest BCUT2D eigenvalue weighted by molar-refractivity contribution is -0.118. The number of ketones is 1. The van der Waals surface area contributed by atoms with Gasteiger partial charge in [-0.1, -0.05) is 0 Å². The van der Waals surface area contributed by atoms with Gasteiger partial charge in [-0.05, 0) is 46.5 Å². The van der Waals surface area contributed by atoms with Crippen LogP contribution in [0.25, 0.3) is 0 Å². The minimum absolute atomic E-state index is 0.141. The largest absolute Gasteiger partial charge is 0.444 e. The van der Waals surface area contributed by atoms with Crippen molar-refractivity contribution in [1.29, 1.82) is 0 Å². The summed E-state index contributed by atoms with van der Waals surface area (Å²) in [6.07, 6.45) is 1.68. The second-order valence-corrected chi connectivity index (χ2v) is 7.77. The predicted octanol–water partition coefficient (Wildman–Crippen LogP) is 1.99. The molecule has 0 aromatic carbocycles. The van der Waals surface area contributed by atoms with Crippen LogP contribution in [0.2, 0.25) is 0 Å². The van der Waals surface area contributed by atoms with Crippen LogP contribution < -0.4 is 0 Å². The lowest BCUT2D eigenvalue weighted by Gasteiger charge is -2.29. The van der Waals surface area contributed by atoms with Crippen LogP contribution >= 0.6 is 0 Å². The van der Waals surface area contributed by atoms with E-state index in [0.29, 0.717) is 25.5 Å². The number of nitrogens with zero attached hydrogens (tertiary/aromatic N) is 1. The van der Waals surface area contributed by atoms with E-state index in [1.54, 1.807) is 11.8 Å². The molecule has 1 amide bonds. The average Bonchev–Trinajstić information content (AvgIpc) is 2.63.